The van der Waals surface area contributed by atoms with E-state index in [0.29, 0.717) is 18.3 Å². The molecule has 0 aliphatic carbocycles. The summed E-state index contributed by atoms with van der Waals surface area (Å²) in [6.07, 6.45) is 1.02. The van der Waals surface area contributed by atoms with Crippen LogP contribution in [0, 0.1) is 0 Å². The maximum Gasteiger partial charge on any atom is 0.153 e. The van der Waals surface area contributed by atoms with Gasteiger partial charge in [0, 0.05) is 11.5 Å². The lowest BCUT2D eigenvalue weighted by Crippen LogP contribution is -1.92. The number of carbonyl (C=O) groups excluding carboxylic acids is 1. The zero-order chi connectivity index (χ0) is 10.4. The molecule has 0 saturated heterocycles. The molecule has 0 atom stereocenters. The molecule has 0 spiro atoms. The Labute approximate surface area is 80.6 Å². The van der Waals surface area contributed by atoms with Crippen molar-refractivity contribution in [3.8, 4) is 5.75 Å². The van der Waals surface area contributed by atoms with Crippen molar-refractivity contribution in [3.63, 3.8) is 0 Å². The first-order chi connectivity index (χ1) is 6.79. The van der Waals surface area contributed by atoms with Crippen LogP contribution in [0.25, 0.3) is 10.4 Å². The van der Waals surface area contributed by atoms with Crippen LogP contribution in [0.15, 0.2) is 23.3 Å². The van der Waals surface area contributed by atoms with E-state index < -0.39 is 0 Å². The SMILES string of the molecule is [N-]=[N+]=NCCc1cccc(C=O)c1O. The van der Waals surface area contributed by atoms with Gasteiger partial charge in [0.25, 0.3) is 0 Å². The zero-order valence-electron chi connectivity index (χ0n) is 7.42. The molecule has 5 heteroatoms. The minimum atomic E-state index is -0.0318. The lowest BCUT2D eigenvalue weighted by molar-refractivity contribution is 0.112. The van der Waals surface area contributed by atoms with Crippen LogP contribution in [0.3, 0.4) is 0 Å². The fourth-order valence-electron chi connectivity index (χ4n) is 1.12. The van der Waals surface area contributed by atoms with Gasteiger partial charge in [0.2, 0.25) is 0 Å². The quantitative estimate of drug-likeness (QED) is 0.341. The molecule has 72 valence electrons. The highest BCUT2D eigenvalue weighted by molar-refractivity contribution is 5.79. The van der Waals surface area contributed by atoms with E-state index in [1.165, 1.54) is 6.07 Å². The molecule has 0 radical (unpaired) electrons. The average molecular weight is 191 g/mol. The molecule has 0 amide bonds. The van der Waals surface area contributed by atoms with E-state index >= 15 is 0 Å². The van der Waals surface area contributed by atoms with Gasteiger partial charge in [0.1, 0.15) is 5.75 Å². The predicted molar refractivity (Wildman–Crippen MR) is 51.2 cm³/mol. The van der Waals surface area contributed by atoms with Crippen molar-refractivity contribution >= 4 is 6.29 Å². The maximum absolute atomic E-state index is 10.5. The van der Waals surface area contributed by atoms with Gasteiger partial charge in [0.15, 0.2) is 6.29 Å². The highest BCUT2D eigenvalue weighted by Gasteiger charge is 2.04. The number of azide groups is 1. The number of phenols is 1. The molecular formula is C9H9N3O2. The van der Waals surface area contributed by atoms with Crippen molar-refractivity contribution in [3.05, 3.63) is 39.8 Å². The number of hydrogen-bond donors (Lipinski definition) is 1. The van der Waals surface area contributed by atoms with Gasteiger partial charge in [-0.3, -0.25) is 4.79 Å². The van der Waals surface area contributed by atoms with Crippen LogP contribution >= 0.6 is 0 Å². The molecule has 1 rings (SSSR count). The molecule has 0 aliphatic heterocycles. The first-order valence-electron chi connectivity index (χ1n) is 4.06. The summed E-state index contributed by atoms with van der Waals surface area (Å²) >= 11 is 0. The smallest absolute Gasteiger partial charge is 0.153 e. The topological polar surface area (TPSA) is 86.1 Å². The van der Waals surface area contributed by atoms with E-state index in [1.807, 2.05) is 0 Å². The van der Waals surface area contributed by atoms with Crippen molar-refractivity contribution in [1.29, 1.82) is 0 Å². The second-order valence-corrected chi connectivity index (χ2v) is 2.68. The Morgan fingerprint density at radius 3 is 3.00 bits per heavy atom. The Morgan fingerprint density at radius 2 is 2.36 bits per heavy atom. The van der Waals surface area contributed by atoms with Crippen LogP contribution in [0.2, 0.25) is 0 Å². The summed E-state index contributed by atoms with van der Waals surface area (Å²) in [4.78, 5) is 13.1. The molecule has 0 bridgehead atoms. The first kappa shape index (κ1) is 10.1. The number of aldehydes is 1. The third-order valence-electron chi connectivity index (χ3n) is 1.82. The second-order valence-electron chi connectivity index (χ2n) is 2.68. The molecule has 1 aromatic rings. The minimum absolute atomic E-state index is 0.0318. The average Bonchev–Trinajstić information content (AvgIpc) is 2.21. The van der Waals surface area contributed by atoms with Gasteiger partial charge in [-0.05, 0) is 23.6 Å². The van der Waals surface area contributed by atoms with Gasteiger partial charge in [-0.1, -0.05) is 17.2 Å². The Balaban J connectivity index is 2.86. The van der Waals surface area contributed by atoms with Crippen molar-refractivity contribution in [1.82, 2.24) is 0 Å². The summed E-state index contributed by atoms with van der Waals surface area (Å²) in [7, 11) is 0. The lowest BCUT2D eigenvalue weighted by Gasteiger charge is -2.03. The van der Waals surface area contributed by atoms with E-state index in [2.05, 4.69) is 10.0 Å². The number of benzene rings is 1. The molecule has 0 saturated carbocycles. The summed E-state index contributed by atoms with van der Waals surface area (Å²) in [5.74, 6) is -0.0318. The number of para-hydroxylation sites is 1. The van der Waals surface area contributed by atoms with E-state index in [0.717, 1.165) is 0 Å². The summed E-state index contributed by atoms with van der Waals surface area (Å²) in [5, 5.41) is 12.9. The van der Waals surface area contributed by atoms with Crippen molar-refractivity contribution in [2.24, 2.45) is 5.11 Å². The normalized spacial score (nSPS) is 9.14. The zero-order valence-corrected chi connectivity index (χ0v) is 7.42. The number of hydrogen-bond acceptors (Lipinski definition) is 3. The Hall–Kier alpha value is -2.00. The molecule has 0 aromatic heterocycles. The molecule has 1 N–H and O–H groups in total. The minimum Gasteiger partial charge on any atom is -0.507 e. The van der Waals surface area contributed by atoms with E-state index in [4.69, 9.17) is 5.53 Å². The molecule has 1 aromatic carbocycles. The monoisotopic (exact) mass is 191 g/mol. The molecule has 0 aliphatic rings. The number of aromatic hydroxyl groups is 1. The van der Waals surface area contributed by atoms with E-state index in [1.54, 1.807) is 12.1 Å². The molecular weight excluding hydrogens is 182 g/mol. The van der Waals surface area contributed by atoms with Crippen molar-refractivity contribution in [2.45, 2.75) is 6.42 Å². The highest BCUT2D eigenvalue weighted by Crippen LogP contribution is 2.21. The summed E-state index contributed by atoms with van der Waals surface area (Å²) in [6, 6.07) is 4.89. The number of phenolic OH excluding ortho intramolecular Hbond substituents is 1. The summed E-state index contributed by atoms with van der Waals surface area (Å²) in [5.41, 5.74) is 8.92. The van der Waals surface area contributed by atoms with Gasteiger partial charge in [-0.25, -0.2) is 0 Å². The fourth-order valence-corrected chi connectivity index (χ4v) is 1.12. The van der Waals surface area contributed by atoms with E-state index in [-0.39, 0.29) is 17.9 Å². The van der Waals surface area contributed by atoms with Crippen LogP contribution in [0.1, 0.15) is 15.9 Å². The Morgan fingerprint density at radius 1 is 1.57 bits per heavy atom. The third-order valence-corrected chi connectivity index (χ3v) is 1.82. The highest BCUT2D eigenvalue weighted by atomic mass is 16.3. The Kier molecular flexibility index (Phi) is 3.52. The molecule has 5 nitrogen and oxygen atoms in total. The maximum atomic E-state index is 10.5. The van der Waals surface area contributed by atoms with Gasteiger partial charge < -0.3 is 5.11 Å². The Bertz CT molecular complexity index is 384. The molecule has 0 heterocycles. The van der Waals surface area contributed by atoms with Crippen LogP contribution in [0.4, 0.5) is 0 Å². The third kappa shape index (κ3) is 2.24. The molecule has 0 unspecified atom stereocenters. The standard InChI is InChI=1S/C9H9N3O2/c10-12-11-5-4-7-2-1-3-8(6-13)9(7)14/h1-3,6,14H,4-5H2. The van der Waals surface area contributed by atoms with Gasteiger partial charge in [-0.15, -0.1) is 0 Å². The second kappa shape index (κ2) is 4.89. The summed E-state index contributed by atoms with van der Waals surface area (Å²) in [6.45, 7) is 0.270. The molecule has 0 fully saturated rings. The fraction of sp³-hybridized carbons (Fsp3) is 0.222. The van der Waals surface area contributed by atoms with Crippen molar-refractivity contribution in [2.75, 3.05) is 6.54 Å². The lowest BCUT2D eigenvalue weighted by atomic mass is 10.1. The summed E-state index contributed by atoms with van der Waals surface area (Å²) < 4.78 is 0. The largest absolute Gasteiger partial charge is 0.507 e. The van der Waals surface area contributed by atoms with Gasteiger partial charge >= 0.3 is 0 Å². The van der Waals surface area contributed by atoms with Crippen molar-refractivity contribution < 1.29 is 9.90 Å². The van der Waals surface area contributed by atoms with Crippen LogP contribution in [0.5, 0.6) is 5.75 Å². The predicted octanol–water partition coefficient (Wildman–Crippen LogP) is 2.06. The van der Waals surface area contributed by atoms with Gasteiger partial charge in [-0.2, -0.15) is 0 Å². The number of nitrogens with zero attached hydrogens (tertiary/aromatic N) is 3. The van der Waals surface area contributed by atoms with Crippen LogP contribution in [-0.2, 0) is 6.42 Å². The van der Waals surface area contributed by atoms with Crippen LogP contribution in [-0.4, -0.2) is 17.9 Å². The first-order valence-corrected chi connectivity index (χ1v) is 4.06. The van der Waals surface area contributed by atoms with Gasteiger partial charge in [0.05, 0.1) is 5.56 Å². The number of rotatable bonds is 4. The van der Waals surface area contributed by atoms with E-state index in [9.17, 15) is 9.90 Å². The molecule has 14 heavy (non-hydrogen) atoms. The van der Waals surface area contributed by atoms with Crippen LogP contribution < -0.4 is 0 Å². The number of carbonyl (C=O) groups is 1.